The average molecular weight is 154 g/mol. The van der Waals surface area contributed by atoms with Crippen molar-refractivity contribution in [1.82, 2.24) is 5.32 Å². The zero-order chi connectivity index (χ0) is 8.27. The summed E-state index contributed by atoms with van der Waals surface area (Å²) in [4.78, 5) is 11.0. The monoisotopic (exact) mass is 154 g/mol. The molecule has 0 saturated heterocycles. The minimum atomic E-state index is -0.393. The number of rotatable bonds is 2. The van der Waals surface area contributed by atoms with E-state index < -0.39 is 6.04 Å². The standard InChI is InChI=1S/C8H14N2O/c1-6(9)8(11)10-7-4-2-3-5-7/h2-3,6-7H,4-5,9H2,1H3,(H,10,11). The van der Waals surface area contributed by atoms with Gasteiger partial charge >= 0.3 is 0 Å². The number of carbonyl (C=O) groups is 1. The van der Waals surface area contributed by atoms with E-state index in [1.54, 1.807) is 6.92 Å². The third kappa shape index (κ3) is 2.35. The summed E-state index contributed by atoms with van der Waals surface area (Å²) in [5.74, 6) is -0.0568. The normalized spacial score (nSPS) is 20.2. The molecule has 1 unspecified atom stereocenters. The summed E-state index contributed by atoms with van der Waals surface area (Å²) in [6.45, 7) is 1.69. The first-order valence-corrected chi connectivity index (χ1v) is 3.91. The fourth-order valence-corrected chi connectivity index (χ4v) is 1.07. The highest BCUT2D eigenvalue weighted by Crippen LogP contribution is 2.08. The second-order valence-electron chi connectivity index (χ2n) is 2.94. The van der Waals surface area contributed by atoms with Crippen LogP contribution in [0.4, 0.5) is 0 Å². The van der Waals surface area contributed by atoms with Crippen molar-refractivity contribution in [2.24, 2.45) is 5.73 Å². The third-order valence-corrected chi connectivity index (χ3v) is 1.77. The predicted octanol–water partition coefficient (Wildman–Crippen LogP) is 0.168. The lowest BCUT2D eigenvalue weighted by Crippen LogP contribution is -2.42. The smallest absolute Gasteiger partial charge is 0.236 e. The van der Waals surface area contributed by atoms with Gasteiger partial charge in [-0.25, -0.2) is 0 Å². The van der Waals surface area contributed by atoms with E-state index in [1.165, 1.54) is 0 Å². The number of carbonyl (C=O) groups excluding carboxylic acids is 1. The van der Waals surface area contributed by atoms with E-state index in [2.05, 4.69) is 17.5 Å². The van der Waals surface area contributed by atoms with Crippen molar-refractivity contribution in [2.75, 3.05) is 0 Å². The van der Waals surface area contributed by atoms with Crippen LogP contribution in [0.5, 0.6) is 0 Å². The van der Waals surface area contributed by atoms with Crippen LogP contribution < -0.4 is 11.1 Å². The molecule has 0 fully saturated rings. The van der Waals surface area contributed by atoms with Crippen LogP contribution >= 0.6 is 0 Å². The van der Waals surface area contributed by atoms with Crippen molar-refractivity contribution in [1.29, 1.82) is 0 Å². The Kier molecular flexibility index (Phi) is 2.65. The number of nitrogens with two attached hydrogens (primary N) is 1. The molecule has 11 heavy (non-hydrogen) atoms. The SMILES string of the molecule is CC(N)C(=O)NC1CC=CC1. The van der Waals surface area contributed by atoms with Gasteiger partial charge in [0.25, 0.3) is 0 Å². The Bertz CT molecular complexity index is 167. The molecule has 0 spiro atoms. The highest BCUT2D eigenvalue weighted by molar-refractivity contribution is 5.81. The lowest BCUT2D eigenvalue weighted by Gasteiger charge is -2.13. The molecule has 0 aromatic carbocycles. The Morgan fingerprint density at radius 3 is 2.64 bits per heavy atom. The Balaban J connectivity index is 2.25. The second-order valence-corrected chi connectivity index (χ2v) is 2.94. The van der Waals surface area contributed by atoms with Gasteiger partial charge in [-0.2, -0.15) is 0 Å². The van der Waals surface area contributed by atoms with Crippen LogP contribution in [0.15, 0.2) is 12.2 Å². The van der Waals surface area contributed by atoms with Crippen molar-refractivity contribution in [3.63, 3.8) is 0 Å². The van der Waals surface area contributed by atoms with E-state index in [0.717, 1.165) is 12.8 Å². The largest absolute Gasteiger partial charge is 0.351 e. The van der Waals surface area contributed by atoms with E-state index in [-0.39, 0.29) is 11.9 Å². The fourth-order valence-electron chi connectivity index (χ4n) is 1.07. The molecule has 0 aromatic heterocycles. The molecule has 1 amide bonds. The van der Waals surface area contributed by atoms with Crippen LogP contribution in [0.25, 0.3) is 0 Å². The molecule has 1 atom stereocenters. The van der Waals surface area contributed by atoms with Gasteiger partial charge in [-0.15, -0.1) is 0 Å². The van der Waals surface area contributed by atoms with Gasteiger partial charge in [-0.05, 0) is 19.8 Å². The topological polar surface area (TPSA) is 55.1 Å². The first kappa shape index (κ1) is 8.27. The molecular weight excluding hydrogens is 140 g/mol. The van der Waals surface area contributed by atoms with E-state index >= 15 is 0 Å². The van der Waals surface area contributed by atoms with Crippen molar-refractivity contribution < 1.29 is 4.79 Å². The summed E-state index contributed by atoms with van der Waals surface area (Å²) in [5.41, 5.74) is 5.38. The average Bonchev–Trinajstić information content (AvgIpc) is 2.39. The molecule has 0 saturated carbocycles. The fraction of sp³-hybridized carbons (Fsp3) is 0.625. The van der Waals surface area contributed by atoms with Gasteiger partial charge < -0.3 is 11.1 Å². The summed E-state index contributed by atoms with van der Waals surface area (Å²) >= 11 is 0. The van der Waals surface area contributed by atoms with Crippen LogP contribution in [-0.2, 0) is 4.79 Å². The van der Waals surface area contributed by atoms with Gasteiger partial charge in [0.15, 0.2) is 0 Å². The molecule has 62 valence electrons. The highest BCUT2D eigenvalue weighted by Gasteiger charge is 2.14. The Labute approximate surface area is 66.6 Å². The lowest BCUT2D eigenvalue weighted by molar-refractivity contribution is -0.122. The predicted molar refractivity (Wildman–Crippen MR) is 44.0 cm³/mol. The van der Waals surface area contributed by atoms with Crippen LogP contribution in [0.2, 0.25) is 0 Å². The molecule has 0 radical (unpaired) electrons. The summed E-state index contributed by atoms with van der Waals surface area (Å²) in [6.07, 6.45) is 6.04. The minimum absolute atomic E-state index is 0.0568. The van der Waals surface area contributed by atoms with Gasteiger partial charge in [0.1, 0.15) is 0 Å². The van der Waals surface area contributed by atoms with Crippen molar-refractivity contribution in [3.05, 3.63) is 12.2 Å². The van der Waals surface area contributed by atoms with Crippen molar-refractivity contribution >= 4 is 5.91 Å². The van der Waals surface area contributed by atoms with Crippen molar-refractivity contribution in [3.8, 4) is 0 Å². The third-order valence-electron chi connectivity index (χ3n) is 1.77. The highest BCUT2D eigenvalue weighted by atomic mass is 16.2. The zero-order valence-electron chi connectivity index (χ0n) is 6.71. The molecule has 1 aliphatic carbocycles. The minimum Gasteiger partial charge on any atom is -0.351 e. The Morgan fingerprint density at radius 1 is 1.64 bits per heavy atom. The van der Waals surface area contributed by atoms with Gasteiger partial charge in [-0.1, -0.05) is 12.2 Å². The van der Waals surface area contributed by atoms with Crippen LogP contribution in [0.1, 0.15) is 19.8 Å². The molecular formula is C8H14N2O. The molecule has 1 aliphatic rings. The number of hydrogen-bond acceptors (Lipinski definition) is 2. The molecule has 1 rings (SSSR count). The van der Waals surface area contributed by atoms with Gasteiger partial charge in [0.2, 0.25) is 5.91 Å². The number of nitrogens with one attached hydrogen (secondary N) is 1. The molecule has 0 aromatic rings. The molecule has 3 heteroatoms. The maximum Gasteiger partial charge on any atom is 0.236 e. The molecule has 3 N–H and O–H groups in total. The maximum atomic E-state index is 11.0. The summed E-state index contributed by atoms with van der Waals surface area (Å²) in [6, 6.07) is -0.107. The quantitative estimate of drug-likeness (QED) is 0.557. The van der Waals surface area contributed by atoms with E-state index in [1.807, 2.05) is 0 Å². The number of hydrogen-bond donors (Lipinski definition) is 2. The van der Waals surface area contributed by atoms with Gasteiger partial charge in [0, 0.05) is 6.04 Å². The van der Waals surface area contributed by atoms with E-state index in [4.69, 9.17) is 5.73 Å². The summed E-state index contributed by atoms with van der Waals surface area (Å²) < 4.78 is 0. The molecule has 0 heterocycles. The van der Waals surface area contributed by atoms with Gasteiger partial charge in [-0.3, -0.25) is 4.79 Å². The van der Waals surface area contributed by atoms with Crippen LogP contribution in [0, 0.1) is 0 Å². The van der Waals surface area contributed by atoms with E-state index in [9.17, 15) is 4.79 Å². The first-order valence-electron chi connectivity index (χ1n) is 3.91. The maximum absolute atomic E-state index is 11.0. The molecule has 0 bridgehead atoms. The Hall–Kier alpha value is -0.830. The Morgan fingerprint density at radius 2 is 2.18 bits per heavy atom. The summed E-state index contributed by atoms with van der Waals surface area (Å²) in [7, 11) is 0. The summed E-state index contributed by atoms with van der Waals surface area (Å²) in [5, 5.41) is 2.85. The zero-order valence-corrected chi connectivity index (χ0v) is 6.71. The van der Waals surface area contributed by atoms with Gasteiger partial charge in [0.05, 0.1) is 6.04 Å². The van der Waals surface area contributed by atoms with Crippen molar-refractivity contribution in [2.45, 2.75) is 31.8 Å². The lowest BCUT2D eigenvalue weighted by atomic mass is 10.2. The van der Waals surface area contributed by atoms with Crippen LogP contribution in [0.3, 0.4) is 0 Å². The van der Waals surface area contributed by atoms with E-state index in [0.29, 0.717) is 0 Å². The second kappa shape index (κ2) is 3.53. The number of amides is 1. The van der Waals surface area contributed by atoms with Crippen LogP contribution in [-0.4, -0.2) is 18.0 Å². The first-order chi connectivity index (χ1) is 5.20. The molecule has 3 nitrogen and oxygen atoms in total. The molecule has 0 aliphatic heterocycles.